The van der Waals surface area contributed by atoms with Gasteiger partial charge >= 0.3 is 5.97 Å². The van der Waals surface area contributed by atoms with E-state index in [1.54, 1.807) is 22.9 Å². The average molecular weight is 534 g/mol. The number of methoxy groups -OCH3 is 1. The van der Waals surface area contributed by atoms with Gasteiger partial charge in [0.15, 0.2) is 11.5 Å². The second-order valence-electron chi connectivity index (χ2n) is 6.59. The van der Waals surface area contributed by atoms with Crippen LogP contribution in [0.5, 0.6) is 0 Å². The van der Waals surface area contributed by atoms with E-state index in [0.29, 0.717) is 49.2 Å². The van der Waals surface area contributed by atoms with E-state index in [1.165, 1.54) is 11.8 Å². The van der Waals surface area contributed by atoms with Crippen LogP contribution in [0.2, 0.25) is 10.0 Å². The molecular weight excluding hydrogens is 516 g/mol. The molecule has 0 atom stereocenters. The van der Waals surface area contributed by atoms with Crippen molar-refractivity contribution in [2.24, 2.45) is 5.92 Å². The Kier molecular flexibility index (Phi) is 6.31. The van der Waals surface area contributed by atoms with Crippen LogP contribution >= 0.6 is 45.8 Å². The van der Waals surface area contributed by atoms with E-state index < -0.39 is 5.97 Å². The Bertz CT molecular complexity index is 1050. The summed E-state index contributed by atoms with van der Waals surface area (Å²) in [5.74, 6) is 0.717. The van der Waals surface area contributed by atoms with Crippen molar-refractivity contribution < 1.29 is 9.53 Å². The Hall–Kier alpha value is -1.65. The smallest absolute Gasteiger partial charge is 0.358 e. The van der Waals surface area contributed by atoms with E-state index in [9.17, 15) is 4.79 Å². The Labute approximate surface area is 186 Å². The number of hydrogen-bond donors (Lipinski definition) is 0. The number of carbonyl (C=O) groups excluding carboxylic acids is 1. The molecule has 0 aliphatic heterocycles. The molecule has 148 valence electrons. The normalized spacial score (nSPS) is 11.3. The third kappa shape index (κ3) is 4.04. The largest absolute Gasteiger partial charge is 0.464 e. The molecule has 1 aromatic carbocycles. The standard InChI is InChI=1S/C18H18Cl2IN5O2/c1-9(2)8-25-18(26-15(17(27)28-4)14(21)10(3)23-26)22-16(24-25)11-5-6-12(19)13(20)7-11/h5-7,9H,8H2,1-4H3. The quantitative estimate of drug-likeness (QED) is 0.348. The highest BCUT2D eigenvalue weighted by Crippen LogP contribution is 2.28. The maximum Gasteiger partial charge on any atom is 0.358 e. The van der Waals surface area contributed by atoms with E-state index in [4.69, 9.17) is 27.9 Å². The van der Waals surface area contributed by atoms with Gasteiger partial charge in [0.2, 0.25) is 5.95 Å². The minimum Gasteiger partial charge on any atom is -0.464 e. The number of halogens is 3. The summed E-state index contributed by atoms with van der Waals surface area (Å²) < 4.78 is 8.87. The monoisotopic (exact) mass is 533 g/mol. The zero-order valence-electron chi connectivity index (χ0n) is 15.7. The molecule has 0 fully saturated rings. The van der Waals surface area contributed by atoms with Gasteiger partial charge in [0.1, 0.15) is 0 Å². The molecule has 0 bridgehead atoms. The average Bonchev–Trinajstić information content (AvgIpc) is 3.17. The highest BCUT2D eigenvalue weighted by atomic mass is 127. The summed E-state index contributed by atoms with van der Waals surface area (Å²) in [7, 11) is 1.34. The molecule has 0 spiro atoms. The zero-order chi connectivity index (χ0) is 20.6. The van der Waals surface area contributed by atoms with Crippen LogP contribution in [0.25, 0.3) is 17.3 Å². The van der Waals surface area contributed by atoms with Gasteiger partial charge < -0.3 is 4.74 Å². The van der Waals surface area contributed by atoms with Crippen molar-refractivity contribution in [2.45, 2.75) is 27.3 Å². The summed E-state index contributed by atoms with van der Waals surface area (Å²) in [5.41, 5.74) is 1.74. The van der Waals surface area contributed by atoms with Crippen LogP contribution in [0.4, 0.5) is 0 Å². The van der Waals surface area contributed by atoms with Crippen LogP contribution in [-0.4, -0.2) is 37.6 Å². The minimum atomic E-state index is -0.486. The predicted molar refractivity (Wildman–Crippen MR) is 116 cm³/mol. The van der Waals surface area contributed by atoms with E-state index in [0.717, 1.165) is 5.56 Å². The molecule has 0 amide bonds. The molecule has 0 unspecified atom stereocenters. The van der Waals surface area contributed by atoms with Gasteiger partial charge in [-0.15, -0.1) is 5.10 Å². The van der Waals surface area contributed by atoms with Crippen molar-refractivity contribution in [3.63, 3.8) is 0 Å². The maximum absolute atomic E-state index is 12.4. The molecule has 0 aliphatic rings. The second kappa shape index (κ2) is 8.38. The minimum absolute atomic E-state index is 0.305. The molecule has 0 aliphatic carbocycles. The van der Waals surface area contributed by atoms with Crippen molar-refractivity contribution in [3.8, 4) is 17.3 Å². The van der Waals surface area contributed by atoms with Crippen molar-refractivity contribution in [1.82, 2.24) is 24.5 Å². The first kappa shape index (κ1) is 21.1. The lowest BCUT2D eigenvalue weighted by atomic mass is 10.2. The molecule has 3 aromatic rings. The van der Waals surface area contributed by atoms with Crippen molar-refractivity contribution >= 4 is 51.8 Å². The fraction of sp³-hybridized carbons (Fsp3) is 0.333. The van der Waals surface area contributed by atoms with Gasteiger partial charge in [0.25, 0.3) is 0 Å². The summed E-state index contributed by atoms with van der Waals surface area (Å²) in [4.78, 5) is 17.0. The number of aryl methyl sites for hydroxylation is 1. The molecule has 0 radical (unpaired) electrons. The molecule has 2 aromatic heterocycles. The topological polar surface area (TPSA) is 74.8 Å². The third-order valence-electron chi connectivity index (χ3n) is 3.92. The summed E-state index contributed by atoms with van der Waals surface area (Å²) in [5, 5.41) is 9.99. The molecule has 28 heavy (non-hydrogen) atoms. The Morgan fingerprint density at radius 2 is 1.96 bits per heavy atom. The lowest BCUT2D eigenvalue weighted by Gasteiger charge is -2.09. The zero-order valence-corrected chi connectivity index (χ0v) is 19.4. The second-order valence-corrected chi connectivity index (χ2v) is 8.48. The fourth-order valence-corrected chi connectivity index (χ4v) is 3.50. The first-order chi connectivity index (χ1) is 13.2. The van der Waals surface area contributed by atoms with Crippen LogP contribution in [0, 0.1) is 16.4 Å². The van der Waals surface area contributed by atoms with E-state index in [1.807, 2.05) is 6.92 Å². The summed E-state index contributed by atoms with van der Waals surface area (Å²) >= 11 is 14.2. The lowest BCUT2D eigenvalue weighted by molar-refractivity contribution is 0.0588. The molecule has 7 nitrogen and oxygen atoms in total. The highest BCUT2D eigenvalue weighted by Gasteiger charge is 2.26. The number of esters is 1. The number of rotatable bonds is 5. The molecule has 0 saturated heterocycles. The maximum atomic E-state index is 12.4. The highest BCUT2D eigenvalue weighted by molar-refractivity contribution is 14.1. The number of ether oxygens (including phenoxy) is 1. The van der Waals surface area contributed by atoms with Crippen LogP contribution in [0.1, 0.15) is 30.0 Å². The van der Waals surface area contributed by atoms with Crippen LogP contribution < -0.4 is 0 Å². The lowest BCUT2D eigenvalue weighted by Crippen LogP contribution is -2.18. The van der Waals surface area contributed by atoms with E-state index in [2.05, 4.69) is 51.6 Å². The SMILES string of the molecule is COC(=O)c1c(I)c(C)nn1-c1nc(-c2ccc(Cl)c(Cl)c2)nn1CC(C)C. The van der Waals surface area contributed by atoms with Gasteiger partial charge in [-0.1, -0.05) is 37.0 Å². The number of hydrogen-bond acceptors (Lipinski definition) is 5. The molecular formula is C18H18Cl2IN5O2. The van der Waals surface area contributed by atoms with Crippen molar-refractivity contribution in [1.29, 1.82) is 0 Å². The Morgan fingerprint density at radius 1 is 1.25 bits per heavy atom. The molecule has 3 rings (SSSR count). The first-order valence-electron chi connectivity index (χ1n) is 8.47. The van der Waals surface area contributed by atoms with Gasteiger partial charge in [-0.05, 0) is 53.6 Å². The molecule has 2 heterocycles. The van der Waals surface area contributed by atoms with Crippen LogP contribution in [-0.2, 0) is 11.3 Å². The van der Waals surface area contributed by atoms with Gasteiger partial charge in [-0.3, -0.25) is 0 Å². The third-order valence-corrected chi connectivity index (χ3v) is 5.95. The Balaban J connectivity index is 2.20. The molecule has 10 heteroatoms. The summed E-state index contributed by atoms with van der Waals surface area (Å²) in [6.07, 6.45) is 0. The predicted octanol–water partition coefficient (Wildman–Crippen LogP) is 4.79. The Morgan fingerprint density at radius 3 is 2.57 bits per heavy atom. The van der Waals surface area contributed by atoms with Gasteiger partial charge in [-0.2, -0.15) is 14.8 Å². The first-order valence-corrected chi connectivity index (χ1v) is 10.3. The number of aromatic nitrogens is 5. The number of carbonyl (C=O) groups is 1. The van der Waals surface area contributed by atoms with Gasteiger partial charge in [0, 0.05) is 12.1 Å². The molecule has 0 saturated carbocycles. The molecule has 0 N–H and O–H groups in total. The summed E-state index contributed by atoms with van der Waals surface area (Å²) in [6, 6.07) is 5.21. The van der Waals surface area contributed by atoms with Crippen molar-refractivity contribution in [2.75, 3.05) is 7.11 Å². The van der Waals surface area contributed by atoms with E-state index in [-0.39, 0.29) is 0 Å². The van der Waals surface area contributed by atoms with Crippen LogP contribution in [0.3, 0.4) is 0 Å². The number of nitrogens with zero attached hydrogens (tertiary/aromatic N) is 5. The van der Waals surface area contributed by atoms with Gasteiger partial charge in [-0.25, -0.2) is 9.48 Å². The van der Waals surface area contributed by atoms with Crippen molar-refractivity contribution in [3.05, 3.63) is 43.2 Å². The fourth-order valence-electron chi connectivity index (χ4n) is 2.64. The summed E-state index contributed by atoms with van der Waals surface area (Å²) in [6.45, 7) is 6.57. The van der Waals surface area contributed by atoms with E-state index >= 15 is 0 Å². The number of benzene rings is 1. The van der Waals surface area contributed by atoms with Gasteiger partial charge in [0.05, 0.1) is 26.4 Å². The van der Waals surface area contributed by atoms with Crippen LogP contribution in [0.15, 0.2) is 18.2 Å².